The van der Waals surface area contributed by atoms with Crippen molar-refractivity contribution in [2.75, 3.05) is 19.7 Å². The summed E-state index contributed by atoms with van der Waals surface area (Å²) in [6, 6.07) is 3.58. The van der Waals surface area contributed by atoms with Crippen molar-refractivity contribution in [1.29, 1.82) is 0 Å². The van der Waals surface area contributed by atoms with Crippen molar-refractivity contribution in [3.8, 4) is 5.75 Å². The Balaban J connectivity index is 2.95. The number of hydrogen-bond acceptors (Lipinski definition) is 4. The fourth-order valence-electron chi connectivity index (χ4n) is 1.41. The minimum Gasteiger partial charge on any atom is -0.467 e. The molecular weight excluding hydrogens is 324 g/mol. The van der Waals surface area contributed by atoms with Crippen molar-refractivity contribution in [1.82, 2.24) is 0 Å². The zero-order valence-corrected chi connectivity index (χ0v) is 12.5. The van der Waals surface area contributed by atoms with Gasteiger partial charge in [0.1, 0.15) is 5.75 Å². The number of ether oxygens (including phenoxy) is 2. The van der Waals surface area contributed by atoms with E-state index in [-0.39, 0.29) is 19.0 Å². The van der Waals surface area contributed by atoms with Gasteiger partial charge in [-0.2, -0.15) is 8.42 Å². The van der Waals surface area contributed by atoms with Gasteiger partial charge in [-0.25, -0.2) is 0 Å². The molecule has 0 saturated heterocycles. The lowest BCUT2D eigenvalue weighted by molar-refractivity contribution is 0.0504. The summed E-state index contributed by atoms with van der Waals surface area (Å²) in [5, 5.41) is 0. The minimum absolute atomic E-state index is 0.0778. The van der Waals surface area contributed by atoms with Crippen LogP contribution in [0.3, 0.4) is 0 Å². The lowest BCUT2D eigenvalue weighted by Crippen LogP contribution is -2.09. The molecule has 1 N–H and O–H groups in total. The molecular formula is C11H15BrO5S. The predicted octanol–water partition coefficient (Wildman–Crippen LogP) is 2.17. The molecule has 0 spiro atoms. The summed E-state index contributed by atoms with van der Waals surface area (Å²) in [4.78, 5) is 0. The van der Waals surface area contributed by atoms with Crippen LogP contribution in [-0.2, 0) is 21.3 Å². The van der Waals surface area contributed by atoms with Crippen LogP contribution in [0, 0.1) is 6.92 Å². The summed E-state index contributed by atoms with van der Waals surface area (Å²) in [7, 11) is -2.48. The van der Waals surface area contributed by atoms with Gasteiger partial charge in [0.25, 0.3) is 10.1 Å². The van der Waals surface area contributed by atoms with Gasteiger partial charge in [-0.05, 0) is 30.5 Å². The molecule has 0 aliphatic heterocycles. The topological polar surface area (TPSA) is 72.8 Å². The molecule has 102 valence electrons. The van der Waals surface area contributed by atoms with Gasteiger partial charge >= 0.3 is 0 Å². The van der Waals surface area contributed by atoms with Crippen molar-refractivity contribution in [3.63, 3.8) is 0 Å². The van der Waals surface area contributed by atoms with Crippen LogP contribution >= 0.6 is 15.9 Å². The van der Waals surface area contributed by atoms with E-state index in [1.54, 1.807) is 6.07 Å². The van der Waals surface area contributed by atoms with E-state index in [9.17, 15) is 8.42 Å². The Labute approximate surface area is 115 Å². The number of methoxy groups -OCH3 is 1. The normalized spacial score (nSPS) is 11.6. The van der Waals surface area contributed by atoms with Gasteiger partial charge in [-0.15, -0.1) is 0 Å². The Morgan fingerprint density at radius 2 is 2.06 bits per heavy atom. The summed E-state index contributed by atoms with van der Waals surface area (Å²) in [5.41, 5.74) is 1.68. The van der Waals surface area contributed by atoms with Crippen molar-refractivity contribution in [2.24, 2.45) is 0 Å². The number of benzene rings is 1. The minimum atomic E-state index is -3.98. The van der Waals surface area contributed by atoms with Crippen LogP contribution in [0.4, 0.5) is 0 Å². The molecule has 7 heteroatoms. The van der Waals surface area contributed by atoms with Crippen molar-refractivity contribution in [2.45, 2.75) is 13.3 Å². The molecule has 0 atom stereocenters. The molecule has 0 aliphatic carbocycles. The van der Waals surface area contributed by atoms with E-state index in [0.717, 1.165) is 10.0 Å². The first-order valence-corrected chi connectivity index (χ1v) is 7.59. The largest absolute Gasteiger partial charge is 0.467 e. The maximum Gasteiger partial charge on any atom is 0.265 e. The maximum absolute atomic E-state index is 10.8. The third kappa shape index (κ3) is 4.93. The first-order chi connectivity index (χ1) is 8.33. The Morgan fingerprint density at radius 3 is 2.61 bits per heavy atom. The van der Waals surface area contributed by atoms with Gasteiger partial charge in [-0.1, -0.05) is 22.0 Å². The van der Waals surface area contributed by atoms with E-state index in [4.69, 9.17) is 14.0 Å². The van der Waals surface area contributed by atoms with Crippen LogP contribution in [0.15, 0.2) is 16.6 Å². The molecule has 0 aliphatic rings. The molecule has 18 heavy (non-hydrogen) atoms. The third-order valence-electron chi connectivity index (χ3n) is 2.30. The number of halogens is 1. The quantitative estimate of drug-likeness (QED) is 0.635. The summed E-state index contributed by atoms with van der Waals surface area (Å²) in [6.45, 7) is 1.97. The van der Waals surface area contributed by atoms with E-state index >= 15 is 0 Å². The number of aryl methyl sites for hydroxylation is 2. The molecule has 1 aromatic carbocycles. The summed E-state index contributed by atoms with van der Waals surface area (Å²) < 4.78 is 41.3. The molecule has 0 bridgehead atoms. The van der Waals surface area contributed by atoms with E-state index in [2.05, 4.69) is 15.9 Å². The third-order valence-corrected chi connectivity index (χ3v) is 3.88. The standard InChI is InChI=1S/C11H15BrO5S/c1-8-5-9(3-4-18(13,14)15)11(6-10(8)12)17-7-16-2/h5-6H,3-4,7H2,1-2H3,(H,13,14,15). The molecule has 0 unspecified atom stereocenters. The van der Waals surface area contributed by atoms with Crippen LogP contribution in [0.1, 0.15) is 11.1 Å². The highest BCUT2D eigenvalue weighted by atomic mass is 79.9. The molecule has 1 aromatic rings. The average Bonchev–Trinajstić information content (AvgIpc) is 2.27. The van der Waals surface area contributed by atoms with Crippen LogP contribution < -0.4 is 4.74 Å². The molecule has 0 radical (unpaired) electrons. The summed E-state index contributed by atoms with van der Waals surface area (Å²) >= 11 is 3.37. The molecule has 0 amide bonds. The monoisotopic (exact) mass is 338 g/mol. The molecule has 5 nitrogen and oxygen atoms in total. The van der Waals surface area contributed by atoms with E-state index < -0.39 is 10.1 Å². The second-order valence-electron chi connectivity index (χ2n) is 3.80. The Morgan fingerprint density at radius 1 is 1.39 bits per heavy atom. The van der Waals surface area contributed by atoms with E-state index in [0.29, 0.717) is 11.3 Å². The summed E-state index contributed by atoms with van der Waals surface area (Å²) in [5.74, 6) is 0.204. The van der Waals surface area contributed by atoms with Gasteiger partial charge in [0.05, 0.1) is 5.75 Å². The zero-order chi connectivity index (χ0) is 13.8. The van der Waals surface area contributed by atoms with Gasteiger partial charge in [0.2, 0.25) is 0 Å². The van der Waals surface area contributed by atoms with Gasteiger partial charge in [-0.3, -0.25) is 4.55 Å². The van der Waals surface area contributed by atoms with E-state index in [1.807, 2.05) is 13.0 Å². The van der Waals surface area contributed by atoms with Crippen molar-refractivity contribution < 1.29 is 22.4 Å². The Kier molecular flexibility index (Phi) is 5.58. The average molecular weight is 339 g/mol. The molecule has 0 fully saturated rings. The molecule has 1 rings (SSSR count). The van der Waals surface area contributed by atoms with Crippen LogP contribution in [-0.4, -0.2) is 32.6 Å². The second-order valence-corrected chi connectivity index (χ2v) is 6.22. The molecule has 0 heterocycles. The van der Waals surface area contributed by atoms with Gasteiger partial charge < -0.3 is 9.47 Å². The smallest absolute Gasteiger partial charge is 0.265 e. The Bertz CT molecular complexity index is 512. The lowest BCUT2D eigenvalue weighted by Gasteiger charge is -2.12. The first kappa shape index (κ1) is 15.4. The van der Waals surface area contributed by atoms with Gasteiger partial charge in [0, 0.05) is 11.6 Å². The number of hydrogen-bond donors (Lipinski definition) is 1. The van der Waals surface area contributed by atoms with Crippen LogP contribution in [0.25, 0.3) is 0 Å². The fraction of sp³-hybridized carbons (Fsp3) is 0.455. The maximum atomic E-state index is 10.8. The van der Waals surface area contributed by atoms with Crippen molar-refractivity contribution in [3.05, 3.63) is 27.7 Å². The highest BCUT2D eigenvalue weighted by Gasteiger charge is 2.11. The highest BCUT2D eigenvalue weighted by molar-refractivity contribution is 9.10. The lowest BCUT2D eigenvalue weighted by atomic mass is 10.1. The van der Waals surface area contributed by atoms with Crippen LogP contribution in [0.2, 0.25) is 0 Å². The first-order valence-electron chi connectivity index (χ1n) is 5.19. The molecule has 0 saturated carbocycles. The molecule has 0 aromatic heterocycles. The summed E-state index contributed by atoms with van der Waals surface area (Å²) in [6.07, 6.45) is 0.187. The predicted molar refractivity (Wildman–Crippen MR) is 71.5 cm³/mol. The zero-order valence-electron chi connectivity index (χ0n) is 10.1. The van der Waals surface area contributed by atoms with Crippen molar-refractivity contribution >= 4 is 26.0 Å². The van der Waals surface area contributed by atoms with E-state index in [1.165, 1.54) is 7.11 Å². The fourth-order valence-corrected chi connectivity index (χ4v) is 2.21. The highest BCUT2D eigenvalue weighted by Crippen LogP contribution is 2.28. The SMILES string of the molecule is COCOc1cc(Br)c(C)cc1CCS(=O)(=O)O. The van der Waals surface area contributed by atoms with Crippen LogP contribution in [0.5, 0.6) is 5.75 Å². The van der Waals surface area contributed by atoms with Gasteiger partial charge in [0.15, 0.2) is 6.79 Å². The number of rotatable bonds is 6. The second kappa shape index (κ2) is 6.51. The Hall–Kier alpha value is -0.630.